The molecule has 0 saturated carbocycles. The van der Waals surface area contributed by atoms with Crippen LogP contribution in [0.5, 0.6) is 5.75 Å². The Balaban J connectivity index is 1.35. The number of methoxy groups -OCH3 is 1. The monoisotopic (exact) mass is 532 g/mol. The van der Waals surface area contributed by atoms with Gasteiger partial charge in [-0.1, -0.05) is 59.8 Å². The van der Waals surface area contributed by atoms with Gasteiger partial charge in [-0.2, -0.15) is 10.1 Å². The number of ether oxygens (including phenoxy) is 1. The number of anilines is 1. The quantitative estimate of drug-likeness (QED) is 0.431. The summed E-state index contributed by atoms with van der Waals surface area (Å²) in [6.07, 6.45) is 0.652. The molecule has 188 valence electrons. The van der Waals surface area contributed by atoms with Crippen LogP contribution in [0.25, 0.3) is 0 Å². The molecule has 2 atom stereocenters. The number of amides is 2. The number of aliphatic imine (C=N–C) groups is 1. The molecule has 0 fully saturated rings. The second-order valence-corrected chi connectivity index (χ2v) is 10.5. The zero-order valence-electron chi connectivity index (χ0n) is 20.3. The maximum absolute atomic E-state index is 12.8. The van der Waals surface area contributed by atoms with Crippen LogP contribution in [0.15, 0.2) is 82.9 Å². The predicted molar refractivity (Wildman–Crippen MR) is 148 cm³/mol. The van der Waals surface area contributed by atoms with Crippen molar-refractivity contribution in [3.8, 4) is 5.75 Å². The third-order valence-electron chi connectivity index (χ3n) is 6.19. The Hall–Kier alpha value is -3.62. The molecule has 3 aromatic rings. The lowest BCUT2D eigenvalue weighted by Gasteiger charge is -2.23. The summed E-state index contributed by atoms with van der Waals surface area (Å²) in [7, 11) is 1.63. The number of nitrogens with zero attached hydrogens (tertiary/aromatic N) is 3. The van der Waals surface area contributed by atoms with Gasteiger partial charge in [0.15, 0.2) is 5.17 Å². The van der Waals surface area contributed by atoms with Crippen LogP contribution < -0.4 is 10.1 Å². The zero-order valence-corrected chi connectivity index (χ0v) is 21.9. The normalized spacial score (nSPS) is 19.0. The highest BCUT2D eigenvalue weighted by molar-refractivity contribution is 8.15. The van der Waals surface area contributed by atoms with Gasteiger partial charge in [-0.15, -0.1) is 0 Å². The van der Waals surface area contributed by atoms with E-state index in [-0.39, 0.29) is 24.3 Å². The summed E-state index contributed by atoms with van der Waals surface area (Å²) >= 11 is 7.36. The van der Waals surface area contributed by atoms with Crippen LogP contribution in [0.3, 0.4) is 0 Å². The van der Waals surface area contributed by atoms with Gasteiger partial charge in [0.1, 0.15) is 11.0 Å². The molecular formula is C28H25ClN4O3S. The molecule has 0 saturated heterocycles. The number of hydrogen-bond donors (Lipinski definition) is 1. The lowest BCUT2D eigenvalue weighted by molar-refractivity contribution is -0.121. The Kier molecular flexibility index (Phi) is 7.30. The van der Waals surface area contributed by atoms with Gasteiger partial charge < -0.3 is 10.1 Å². The Morgan fingerprint density at radius 2 is 1.89 bits per heavy atom. The van der Waals surface area contributed by atoms with Gasteiger partial charge in [-0.05, 0) is 60.0 Å². The average Bonchev–Trinajstić information content (AvgIpc) is 3.48. The first-order valence-corrected chi connectivity index (χ1v) is 13.1. The van der Waals surface area contributed by atoms with Crippen LogP contribution >= 0.6 is 23.4 Å². The number of carbonyl (C=O) groups is 2. The van der Waals surface area contributed by atoms with Crippen molar-refractivity contribution in [1.82, 2.24) is 5.01 Å². The number of thioether (sulfide) groups is 1. The number of nitrogens with one attached hydrogen (secondary N) is 1. The van der Waals surface area contributed by atoms with Crippen LogP contribution in [0.4, 0.5) is 5.69 Å². The minimum absolute atomic E-state index is 0.0270. The van der Waals surface area contributed by atoms with Crippen molar-refractivity contribution in [2.45, 2.75) is 31.1 Å². The first-order chi connectivity index (χ1) is 17.9. The van der Waals surface area contributed by atoms with Gasteiger partial charge >= 0.3 is 0 Å². The number of carbonyl (C=O) groups excluding carboxylic acids is 2. The van der Waals surface area contributed by atoms with E-state index >= 15 is 0 Å². The van der Waals surface area contributed by atoms with Crippen LogP contribution in [-0.2, 0) is 9.59 Å². The van der Waals surface area contributed by atoms with Crippen LogP contribution in [0, 0.1) is 6.92 Å². The average molecular weight is 533 g/mol. The summed E-state index contributed by atoms with van der Waals surface area (Å²) in [6.45, 7) is 1.96. The van der Waals surface area contributed by atoms with Crippen molar-refractivity contribution in [1.29, 1.82) is 0 Å². The SMILES string of the molecule is COc1ccc([C@@H]2CC(c3ccc(Cl)cc3)=NN2C2=NC(=O)[C@H](CC(=O)Nc3cccc(C)c3)S2)cc1. The number of hydrazone groups is 1. The molecule has 2 aliphatic rings. The Morgan fingerprint density at radius 1 is 1.14 bits per heavy atom. The predicted octanol–water partition coefficient (Wildman–Crippen LogP) is 5.83. The molecule has 5 rings (SSSR count). The molecule has 0 unspecified atom stereocenters. The third-order valence-corrected chi connectivity index (χ3v) is 7.58. The molecule has 2 aliphatic heterocycles. The first kappa shape index (κ1) is 25.0. The largest absolute Gasteiger partial charge is 0.497 e. The molecule has 0 aromatic heterocycles. The maximum atomic E-state index is 12.8. The van der Waals surface area contributed by atoms with Gasteiger partial charge in [-0.25, -0.2) is 5.01 Å². The van der Waals surface area contributed by atoms with Crippen molar-refractivity contribution < 1.29 is 14.3 Å². The molecule has 0 spiro atoms. The zero-order chi connectivity index (χ0) is 25.9. The topological polar surface area (TPSA) is 83.4 Å². The lowest BCUT2D eigenvalue weighted by atomic mass is 9.98. The molecule has 3 aromatic carbocycles. The third kappa shape index (κ3) is 5.70. The molecule has 7 nitrogen and oxygen atoms in total. The highest BCUT2D eigenvalue weighted by Gasteiger charge is 2.39. The summed E-state index contributed by atoms with van der Waals surface area (Å²) in [6, 6.07) is 22.7. The van der Waals surface area contributed by atoms with Crippen molar-refractivity contribution in [3.63, 3.8) is 0 Å². The molecule has 2 heterocycles. The lowest BCUT2D eigenvalue weighted by Crippen LogP contribution is -2.25. The van der Waals surface area contributed by atoms with Gasteiger partial charge in [0, 0.05) is 23.6 Å². The van der Waals surface area contributed by atoms with E-state index in [1.54, 1.807) is 12.1 Å². The minimum atomic E-state index is -0.605. The van der Waals surface area contributed by atoms with Crippen LogP contribution in [-0.4, -0.2) is 40.1 Å². The van der Waals surface area contributed by atoms with Crippen molar-refractivity contribution in [2.24, 2.45) is 10.1 Å². The molecule has 0 radical (unpaired) electrons. The number of benzene rings is 3. The fourth-order valence-corrected chi connectivity index (χ4v) is 5.48. The fraction of sp³-hybridized carbons (Fsp3) is 0.214. The smallest absolute Gasteiger partial charge is 0.262 e. The van der Waals surface area contributed by atoms with E-state index in [1.165, 1.54) is 11.8 Å². The maximum Gasteiger partial charge on any atom is 0.262 e. The van der Waals surface area contributed by atoms with Gasteiger partial charge in [0.05, 0.1) is 18.9 Å². The second kappa shape index (κ2) is 10.8. The van der Waals surface area contributed by atoms with E-state index in [9.17, 15) is 9.59 Å². The number of halogens is 1. The summed E-state index contributed by atoms with van der Waals surface area (Å²) < 4.78 is 5.31. The van der Waals surface area contributed by atoms with E-state index in [4.69, 9.17) is 21.4 Å². The summed E-state index contributed by atoms with van der Waals surface area (Å²) in [4.78, 5) is 29.8. The molecule has 1 N–H and O–H groups in total. The minimum Gasteiger partial charge on any atom is -0.497 e. The second-order valence-electron chi connectivity index (χ2n) is 8.85. The Bertz CT molecular complexity index is 1390. The van der Waals surface area contributed by atoms with Gasteiger partial charge in [0.2, 0.25) is 5.91 Å². The Labute approximate surface area is 224 Å². The van der Waals surface area contributed by atoms with Crippen LogP contribution in [0.1, 0.15) is 35.6 Å². The highest BCUT2D eigenvalue weighted by atomic mass is 35.5. The summed E-state index contributed by atoms with van der Waals surface area (Å²) in [5, 5.41) is 10.1. The highest BCUT2D eigenvalue weighted by Crippen LogP contribution is 2.39. The summed E-state index contributed by atoms with van der Waals surface area (Å²) in [5.41, 5.74) is 4.59. The standard InChI is InChI=1S/C28H25ClN4O3S/c1-17-4-3-5-21(14-17)30-26(34)16-25-27(35)31-28(37-25)33-24(19-8-12-22(36-2)13-9-19)15-23(32-33)18-6-10-20(29)11-7-18/h3-14,24-25H,15-16H2,1-2H3,(H,30,34)/t24-,25-/m0/s1. The molecular weight excluding hydrogens is 508 g/mol. The first-order valence-electron chi connectivity index (χ1n) is 11.8. The summed E-state index contributed by atoms with van der Waals surface area (Å²) in [5.74, 6) is 0.198. The molecule has 9 heteroatoms. The van der Waals surface area contributed by atoms with Crippen molar-refractivity contribution >= 4 is 51.7 Å². The van der Waals surface area contributed by atoms with Gasteiger partial charge in [-0.3, -0.25) is 9.59 Å². The fourth-order valence-electron chi connectivity index (χ4n) is 4.30. The number of rotatable bonds is 6. The van der Waals surface area contributed by atoms with E-state index in [2.05, 4.69) is 10.3 Å². The van der Waals surface area contributed by atoms with E-state index in [0.717, 1.165) is 28.2 Å². The van der Waals surface area contributed by atoms with E-state index < -0.39 is 5.25 Å². The molecule has 2 amide bonds. The van der Waals surface area contributed by atoms with Crippen LogP contribution in [0.2, 0.25) is 5.02 Å². The number of amidine groups is 1. The number of hydrogen-bond acceptors (Lipinski definition) is 6. The molecule has 37 heavy (non-hydrogen) atoms. The van der Waals surface area contributed by atoms with E-state index in [1.807, 2.05) is 79.7 Å². The number of aryl methyl sites for hydroxylation is 1. The van der Waals surface area contributed by atoms with Crippen molar-refractivity contribution in [3.05, 3.63) is 94.5 Å². The molecule has 0 aliphatic carbocycles. The Morgan fingerprint density at radius 3 is 2.59 bits per heavy atom. The van der Waals surface area contributed by atoms with Gasteiger partial charge in [0.25, 0.3) is 5.91 Å². The van der Waals surface area contributed by atoms with Crippen molar-refractivity contribution in [2.75, 3.05) is 12.4 Å². The molecule has 0 bridgehead atoms. The van der Waals surface area contributed by atoms with E-state index in [0.29, 0.717) is 22.3 Å².